The average Bonchev–Trinajstić information content (AvgIpc) is 2.82. The lowest BCUT2D eigenvalue weighted by Crippen LogP contribution is -2.66. The van der Waals surface area contributed by atoms with Gasteiger partial charge in [0.1, 0.15) is 73.2 Å². The van der Waals surface area contributed by atoms with Crippen molar-refractivity contribution in [2.75, 3.05) is 19.8 Å². The Bertz CT molecular complexity index is 637. The Morgan fingerprint density at radius 1 is 0.441 bits per heavy atom. The van der Waals surface area contributed by atoms with Crippen LogP contribution in [0.4, 0.5) is 0 Å². The molecule has 0 aromatic heterocycles. The molecule has 0 spiro atoms. The molecule has 0 aromatic rings. The molecule has 16 nitrogen and oxygen atoms in total. The molecule has 0 radical (unpaired) electrons. The van der Waals surface area contributed by atoms with Gasteiger partial charge >= 0.3 is 0 Å². The van der Waals surface area contributed by atoms with E-state index in [0.29, 0.717) is 0 Å². The Morgan fingerprint density at radius 2 is 0.853 bits per heavy atom. The lowest BCUT2D eigenvalue weighted by Gasteiger charge is -2.47. The van der Waals surface area contributed by atoms with Crippen LogP contribution in [0.3, 0.4) is 0 Å². The number of hydrogen-bond acceptors (Lipinski definition) is 16. The van der Waals surface area contributed by atoms with Crippen molar-refractivity contribution in [3.05, 3.63) is 0 Å². The molecule has 0 bridgehead atoms. The molecule has 3 saturated heterocycles. The third kappa shape index (κ3) is 5.37. The lowest BCUT2D eigenvalue weighted by molar-refractivity contribution is -0.382. The van der Waals surface area contributed by atoms with E-state index in [4.69, 9.17) is 23.7 Å². The summed E-state index contributed by atoms with van der Waals surface area (Å²) in [4.78, 5) is 0. The average molecular weight is 504 g/mol. The minimum atomic E-state index is -1.92. The number of ether oxygens (including phenoxy) is 5. The van der Waals surface area contributed by atoms with Crippen molar-refractivity contribution >= 4 is 0 Å². The van der Waals surface area contributed by atoms with E-state index in [9.17, 15) is 56.2 Å². The summed E-state index contributed by atoms with van der Waals surface area (Å²) in [6, 6.07) is 0. The van der Waals surface area contributed by atoms with Crippen molar-refractivity contribution in [3.8, 4) is 0 Å². The number of rotatable bonds is 7. The van der Waals surface area contributed by atoms with Gasteiger partial charge in [0.15, 0.2) is 18.9 Å². The number of hydrogen-bond donors (Lipinski definition) is 11. The van der Waals surface area contributed by atoms with Gasteiger partial charge in [-0.15, -0.1) is 0 Å². The highest BCUT2D eigenvalue weighted by atomic mass is 16.8. The Kier molecular flexibility index (Phi) is 9.54. The molecule has 3 heterocycles. The molecule has 3 rings (SSSR count). The molecule has 15 atom stereocenters. The highest BCUT2D eigenvalue weighted by molar-refractivity contribution is 4.96. The van der Waals surface area contributed by atoms with Crippen LogP contribution in [0.15, 0.2) is 0 Å². The molecule has 1 unspecified atom stereocenters. The minimum Gasteiger partial charge on any atom is -0.394 e. The van der Waals surface area contributed by atoms with Gasteiger partial charge < -0.3 is 79.9 Å². The zero-order valence-electron chi connectivity index (χ0n) is 17.7. The van der Waals surface area contributed by atoms with Crippen molar-refractivity contribution in [1.29, 1.82) is 0 Å². The van der Waals surface area contributed by atoms with Crippen LogP contribution in [-0.4, -0.2) is 168 Å². The van der Waals surface area contributed by atoms with E-state index < -0.39 is 112 Å². The van der Waals surface area contributed by atoms with Crippen molar-refractivity contribution in [3.63, 3.8) is 0 Å². The van der Waals surface area contributed by atoms with Gasteiger partial charge in [-0.05, 0) is 0 Å². The molecule has 34 heavy (non-hydrogen) atoms. The highest BCUT2D eigenvalue weighted by Gasteiger charge is 2.53. The molecule has 0 aliphatic carbocycles. The highest BCUT2D eigenvalue weighted by Crippen LogP contribution is 2.32. The predicted octanol–water partition coefficient (Wildman–Crippen LogP) is -7.57. The van der Waals surface area contributed by atoms with Crippen LogP contribution in [0.25, 0.3) is 0 Å². The van der Waals surface area contributed by atoms with E-state index in [0.717, 1.165) is 0 Å². The third-order valence-electron chi connectivity index (χ3n) is 6.09. The quantitative estimate of drug-likeness (QED) is 0.154. The van der Waals surface area contributed by atoms with Crippen LogP contribution in [-0.2, 0) is 23.7 Å². The second-order valence-corrected chi connectivity index (χ2v) is 8.33. The van der Waals surface area contributed by atoms with Crippen molar-refractivity contribution in [2.45, 2.75) is 92.1 Å². The van der Waals surface area contributed by atoms with E-state index in [-0.39, 0.29) is 0 Å². The fourth-order valence-corrected chi connectivity index (χ4v) is 4.04. The summed E-state index contributed by atoms with van der Waals surface area (Å²) in [6.45, 7) is -2.31. The van der Waals surface area contributed by atoms with Gasteiger partial charge in [-0.2, -0.15) is 0 Å². The molecule has 3 aliphatic heterocycles. The molecule has 11 N–H and O–H groups in total. The molecule has 16 heteroatoms. The van der Waals surface area contributed by atoms with E-state index in [2.05, 4.69) is 0 Å². The van der Waals surface area contributed by atoms with E-state index >= 15 is 0 Å². The molecular weight excluding hydrogens is 472 g/mol. The van der Waals surface area contributed by atoms with Crippen LogP contribution in [0, 0.1) is 0 Å². The second kappa shape index (κ2) is 11.6. The summed E-state index contributed by atoms with van der Waals surface area (Å²) in [6.07, 6.45) is -25.4. The molecule has 0 saturated carbocycles. The standard InChI is InChI=1S/C18H32O16/c19-1-4-7(22)9(24)11(26)17(31-4)33-14-6(3-21)30-16(29)15(13(14)28)34-18-12(27)10(25)8(23)5(2-20)32-18/h4-29H,1-3H2/t4-,5-,6-,7+,8-,9+,10+,11-,12-,13+,14-,15-,16?,17+,18-/m1/s1. The largest absolute Gasteiger partial charge is 0.394 e. The van der Waals surface area contributed by atoms with E-state index in [1.54, 1.807) is 0 Å². The zero-order valence-corrected chi connectivity index (χ0v) is 17.7. The fourth-order valence-electron chi connectivity index (χ4n) is 4.04. The van der Waals surface area contributed by atoms with Crippen molar-refractivity contribution in [2.24, 2.45) is 0 Å². The SMILES string of the molecule is OC[C@H]1O[C@@H](O[C@H]2[C@H](O)[C@@H](O[C@H]3O[C@H](CO)[C@@H](O)[C@H](O)[C@H]3O)C(O)O[C@@H]2CO)[C@H](O)[C@@H](O)[C@H]1O. The summed E-state index contributed by atoms with van der Waals surface area (Å²) in [7, 11) is 0. The van der Waals surface area contributed by atoms with Crippen LogP contribution < -0.4 is 0 Å². The molecular formula is C18H32O16. The Balaban J connectivity index is 1.76. The molecule has 0 amide bonds. The summed E-state index contributed by atoms with van der Waals surface area (Å²) in [5, 5.41) is 109. The molecule has 0 aromatic carbocycles. The zero-order chi connectivity index (χ0) is 25.3. The van der Waals surface area contributed by atoms with Gasteiger partial charge in [-0.1, -0.05) is 0 Å². The van der Waals surface area contributed by atoms with Gasteiger partial charge in [0.25, 0.3) is 0 Å². The Hall–Kier alpha value is -0.640. The Labute approximate surface area is 192 Å². The normalized spacial score (nSPS) is 52.5. The maximum atomic E-state index is 10.8. The third-order valence-corrected chi connectivity index (χ3v) is 6.09. The molecule has 3 fully saturated rings. The van der Waals surface area contributed by atoms with Crippen LogP contribution in [0.2, 0.25) is 0 Å². The predicted molar refractivity (Wildman–Crippen MR) is 101 cm³/mol. The van der Waals surface area contributed by atoms with E-state index in [1.807, 2.05) is 0 Å². The first-order chi connectivity index (χ1) is 16.0. The topological polar surface area (TPSA) is 269 Å². The van der Waals surface area contributed by atoms with Gasteiger partial charge in [0.05, 0.1) is 19.8 Å². The minimum absolute atomic E-state index is 0.750. The number of aliphatic hydroxyl groups is 11. The Morgan fingerprint density at radius 3 is 1.26 bits per heavy atom. The van der Waals surface area contributed by atoms with Gasteiger partial charge in [0, 0.05) is 0 Å². The fraction of sp³-hybridized carbons (Fsp3) is 1.00. The summed E-state index contributed by atoms with van der Waals surface area (Å²) in [5.74, 6) is 0. The first-order valence-corrected chi connectivity index (χ1v) is 10.6. The van der Waals surface area contributed by atoms with Crippen molar-refractivity contribution < 1.29 is 79.9 Å². The maximum Gasteiger partial charge on any atom is 0.187 e. The van der Waals surface area contributed by atoms with Gasteiger partial charge in [0.2, 0.25) is 0 Å². The smallest absolute Gasteiger partial charge is 0.187 e. The maximum absolute atomic E-state index is 10.8. The monoisotopic (exact) mass is 504 g/mol. The first kappa shape index (κ1) is 27.9. The lowest BCUT2D eigenvalue weighted by atomic mass is 9.96. The second-order valence-electron chi connectivity index (χ2n) is 8.33. The van der Waals surface area contributed by atoms with E-state index in [1.165, 1.54) is 0 Å². The number of aliphatic hydroxyl groups excluding tert-OH is 11. The van der Waals surface area contributed by atoms with Crippen LogP contribution in [0.1, 0.15) is 0 Å². The van der Waals surface area contributed by atoms with Crippen LogP contribution >= 0.6 is 0 Å². The van der Waals surface area contributed by atoms with Gasteiger partial charge in [-0.25, -0.2) is 0 Å². The molecule has 3 aliphatic rings. The van der Waals surface area contributed by atoms with Crippen molar-refractivity contribution in [1.82, 2.24) is 0 Å². The van der Waals surface area contributed by atoms with Crippen LogP contribution in [0.5, 0.6) is 0 Å². The first-order valence-electron chi connectivity index (χ1n) is 10.6. The summed E-state index contributed by atoms with van der Waals surface area (Å²) >= 11 is 0. The summed E-state index contributed by atoms with van der Waals surface area (Å²) < 4.78 is 26.4. The molecule has 200 valence electrons. The summed E-state index contributed by atoms with van der Waals surface area (Å²) in [5.41, 5.74) is 0. The van der Waals surface area contributed by atoms with Gasteiger partial charge in [-0.3, -0.25) is 0 Å².